The van der Waals surface area contributed by atoms with E-state index in [1.54, 1.807) is 29.8 Å². The molecule has 1 heterocycles. The van der Waals surface area contributed by atoms with Crippen molar-refractivity contribution in [2.75, 3.05) is 0 Å². The zero-order valence-electron chi connectivity index (χ0n) is 10.7. The molecular weight excluding hydrogens is 354 g/mol. The summed E-state index contributed by atoms with van der Waals surface area (Å²) in [7, 11) is 1.80. The molecule has 21 heavy (non-hydrogen) atoms. The van der Waals surface area contributed by atoms with Gasteiger partial charge in [-0.05, 0) is 24.3 Å². The lowest BCUT2D eigenvalue weighted by atomic mass is 10.2. The largest absolute Gasteiger partial charge is 0.506 e. The number of phenols is 1. The zero-order chi connectivity index (χ0) is 15.3. The van der Waals surface area contributed by atoms with E-state index in [0.717, 1.165) is 11.0 Å². The molecule has 0 saturated heterocycles. The molecule has 0 fully saturated rings. The molecule has 0 atom stereocenters. The number of imidazole rings is 1. The van der Waals surface area contributed by atoms with Gasteiger partial charge in [0.1, 0.15) is 11.6 Å². The molecular formula is C14H8Cl4N2O. The normalized spacial score (nSPS) is 11.3. The highest BCUT2D eigenvalue weighted by molar-refractivity contribution is 6.45. The summed E-state index contributed by atoms with van der Waals surface area (Å²) in [5, 5.41) is 11.4. The number of nitrogens with zero attached hydrogens (tertiary/aromatic N) is 2. The van der Waals surface area contributed by atoms with Crippen LogP contribution in [-0.4, -0.2) is 14.7 Å². The molecule has 0 amide bonds. The van der Waals surface area contributed by atoms with Crippen LogP contribution in [0.2, 0.25) is 20.1 Å². The molecule has 3 rings (SSSR count). The Kier molecular flexibility index (Phi) is 3.70. The molecule has 0 aliphatic rings. The zero-order valence-corrected chi connectivity index (χ0v) is 13.7. The Morgan fingerprint density at radius 1 is 1.05 bits per heavy atom. The van der Waals surface area contributed by atoms with Crippen LogP contribution in [0.3, 0.4) is 0 Å². The van der Waals surface area contributed by atoms with Crippen LogP contribution < -0.4 is 0 Å². The second-order valence-corrected chi connectivity index (χ2v) is 6.13. The van der Waals surface area contributed by atoms with E-state index >= 15 is 0 Å². The van der Waals surface area contributed by atoms with Gasteiger partial charge >= 0.3 is 0 Å². The minimum atomic E-state index is -0.157. The van der Waals surface area contributed by atoms with E-state index in [4.69, 9.17) is 46.4 Å². The van der Waals surface area contributed by atoms with Gasteiger partial charge in [-0.15, -0.1) is 0 Å². The second kappa shape index (κ2) is 5.25. The number of phenolic OH excluding ortho intramolecular Hbond substituents is 1. The van der Waals surface area contributed by atoms with Gasteiger partial charge in [0.2, 0.25) is 0 Å². The van der Waals surface area contributed by atoms with Gasteiger partial charge in [-0.2, -0.15) is 0 Å². The Balaban J connectivity index is 2.39. The van der Waals surface area contributed by atoms with Gasteiger partial charge in [0.25, 0.3) is 0 Å². The lowest BCUT2D eigenvalue weighted by Crippen LogP contribution is -1.94. The predicted molar refractivity (Wildman–Crippen MR) is 87.9 cm³/mol. The summed E-state index contributed by atoms with van der Waals surface area (Å²) in [5.74, 6) is 0.301. The molecule has 0 spiro atoms. The van der Waals surface area contributed by atoms with Gasteiger partial charge in [-0.3, -0.25) is 0 Å². The van der Waals surface area contributed by atoms with Crippen molar-refractivity contribution in [2.24, 2.45) is 7.05 Å². The van der Waals surface area contributed by atoms with Gasteiger partial charge in [0.05, 0.1) is 31.7 Å². The molecule has 1 N–H and O–H groups in total. The fraction of sp³-hybridized carbons (Fsp3) is 0.0714. The van der Waals surface area contributed by atoms with E-state index in [1.807, 2.05) is 0 Å². The summed E-state index contributed by atoms with van der Waals surface area (Å²) >= 11 is 24.2. The minimum Gasteiger partial charge on any atom is -0.506 e. The Bertz CT molecular complexity index is 847. The van der Waals surface area contributed by atoms with Crippen LogP contribution in [0.15, 0.2) is 24.3 Å². The van der Waals surface area contributed by atoms with Crippen LogP contribution in [0.25, 0.3) is 22.4 Å². The Labute approximate surface area is 140 Å². The minimum absolute atomic E-state index is 0.115. The second-order valence-electron chi connectivity index (χ2n) is 4.51. The quantitative estimate of drug-likeness (QED) is 0.576. The van der Waals surface area contributed by atoms with Gasteiger partial charge in [-0.25, -0.2) is 4.98 Å². The molecule has 0 radical (unpaired) electrons. The summed E-state index contributed by atoms with van der Waals surface area (Å²) in [6, 6.07) is 6.71. The number of aryl methyl sites for hydroxylation is 1. The lowest BCUT2D eigenvalue weighted by Gasteiger charge is -2.10. The summed E-state index contributed by atoms with van der Waals surface area (Å²) in [5.41, 5.74) is 1.83. The molecule has 0 unspecified atom stereocenters. The highest BCUT2D eigenvalue weighted by atomic mass is 35.5. The fourth-order valence-corrected chi connectivity index (χ4v) is 3.03. The Morgan fingerprint density at radius 2 is 1.76 bits per heavy atom. The summed E-state index contributed by atoms with van der Waals surface area (Å²) in [6.45, 7) is 0. The summed E-state index contributed by atoms with van der Waals surface area (Å²) in [4.78, 5) is 4.47. The monoisotopic (exact) mass is 360 g/mol. The number of aromatic nitrogens is 2. The van der Waals surface area contributed by atoms with Crippen LogP contribution in [0.1, 0.15) is 0 Å². The van der Waals surface area contributed by atoms with E-state index < -0.39 is 0 Å². The molecule has 1 aromatic heterocycles. The molecule has 7 heteroatoms. The first kappa shape index (κ1) is 14.8. The van der Waals surface area contributed by atoms with E-state index in [1.165, 1.54) is 6.07 Å². The molecule has 108 valence electrons. The van der Waals surface area contributed by atoms with E-state index in [-0.39, 0.29) is 20.8 Å². The van der Waals surface area contributed by atoms with Crippen molar-refractivity contribution in [3.8, 4) is 17.1 Å². The van der Waals surface area contributed by atoms with Crippen molar-refractivity contribution >= 4 is 57.4 Å². The summed E-state index contributed by atoms with van der Waals surface area (Å²) in [6.07, 6.45) is 0. The van der Waals surface area contributed by atoms with Crippen molar-refractivity contribution in [3.05, 3.63) is 44.4 Å². The van der Waals surface area contributed by atoms with Crippen molar-refractivity contribution in [2.45, 2.75) is 0 Å². The molecule has 0 bridgehead atoms. The third-order valence-corrected chi connectivity index (χ3v) is 4.52. The SMILES string of the molecule is Cn1c(-c2c(O)c(Cl)cc(Cl)c2Cl)nc2ccc(Cl)cc21. The summed E-state index contributed by atoms with van der Waals surface area (Å²) < 4.78 is 1.77. The van der Waals surface area contributed by atoms with Crippen LogP contribution in [0, 0.1) is 0 Å². The van der Waals surface area contributed by atoms with Crippen molar-refractivity contribution in [3.63, 3.8) is 0 Å². The van der Waals surface area contributed by atoms with Crippen LogP contribution >= 0.6 is 46.4 Å². The third-order valence-electron chi connectivity index (χ3n) is 3.21. The number of aromatic hydroxyl groups is 1. The standard InChI is InChI=1S/C14H8Cl4N2O/c1-20-10-4-6(15)2-3-9(10)19-14(20)11-12(18)7(16)5-8(17)13(11)21/h2-5,21H,1H3. The number of hydrogen-bond acceptors (Lipinski definition) is 2. The van der Waals surface area contributed by atoms with Gasteiger partial charge < -0.3 is 9.67 Å². The smallest absolute Gasteiger partial charge is 0.146 e. The van der Waals surface area contributed by atoms with Crippen molar-refractivity contribution < 1.29 is 5.11 Å². The highest BCUT2D eigenvalue weighted by Crippen LogP contribution is 2.44. The topological polar surface area (TPSA) is 38.0 Å². The van der Waals surface area contributed by atoms with Crippen LogP contribution in [0.5, 0.6) is 5.75 Å². The Hall–Kier alpha value is -1.13. The predicted octanol–water partition coefficient (Wildman–Crippen LogP) is 5.56. The average Bonchev–Trinajstić information content (AvgIpc) is 2.75. The molecule has 0 aliphatic carbocycles. The molecule has 0 saturated carbocycles. The maximum absolute atomic E-state index is 10.2. The number of fused-ring (bicyclic) bond motifs is 1. The van der Waals surface area contributed by atoms with E-state index in [0.29, 0.717) is 16.4 Å². The number of hydrogen-bond donors (Lipinski definition) is 1. The number of halogens is 4. The van der Waals surface area contributed by atoms with Gasteiger partial charge in [-0.1, -0.05) is 46.4 Å². The van der Waals surface area contributed by atoms with E-state index in [9.17, 15) is 5.11 Å². The average molecular weight is 362 g/mol. The fourth-order valence-electron chi connectivity index (χ4n) is 2.18. The Morgan fingerprint density at radius 3 is 2.48 bits per heavy atom. The van der Waals surface area contributed by atoms with Crippen molar-refractivity contribution in [1.82, 2.24) is 9.55 Å². The number of rotatable bonds is 1. The van der Waals surface area contributed by atoms with Crippen LogP contribution in [-0.2, 0) is 7.05 Å². The lowest BCUT2D eigenvalue weighted by molar-refractivity contribution is 0.477. The van der Waals surface area contributed by atoms with Crippen LogP contribution in [0.4, 0.5) is 0 Å². The molecule has 3 aromatic rings. The molecule has 3 nitrogen and oxygen atoms in total. The first-order chi connectivity index (χ1) is 9.90. The molecule has 2 aromatic carbocycles. The molecule has 0 aliphatic heterocycles. The third kappa shape index (κ3) is 2.34. The maximum atomic E-state index is 10.2. The first-order valence-corrected chi connectivity index (χ1v) is 7.40. The van der Waals surface area contributed by atoms with Crippen molar-refractivity contribution in [1.29, 1.82) is 0 Å². The van der Waals surface area contributed by atoms with Gasteiger partial charge in [0.15, 0.2) is 0 Å². The first-order valence-electron chi connectivity index (χ1n) is 5.89. The van der Waals surface area contributed by atoms with E-state index in [2.05, 4.69) is 4.98 Å². The highest BCUT2D eigenvalue weighted by Gasteiger charge is 2.21. The van der Waals surface area contributed by atoms with Gasteiger partial charge in [0, 0.05) is 12.1 Å². The maximum Gasteiger partial charge on any atom is 0.146 e. The number of benzene rings is 2.